The highest BCUT2D eigenvalue weighted by molar-refractivity contribution is 5.67. The van der Waals surface area contributed by atoms with E-state index in [1.54, 1.807) is 4.90 Å². The van der Waals surface area contributed by atoms with Crippen molar-refractivity contribution in [3.63, 3.8) is 0 Å². The van der Waals surface area contributed by atoms with Crippen molar-refractivity contribution in [1.29, 1.82) is 0 Å². The van der Waals surface area contributed by atoms with Crippen LogP contribution in [0.1, 0.15) is 6.42 Å². The molecular formula is C8H13NO4. The Labute approximate surface area is 76.6 Å². The number of aldehydes is 1. The van der Waals surface area contributed by atoms with Crippen molar-refractivity contribution in [3.8, 4) is 0 Å². The van der Waals surface area contributed by atoms with Crippen molar-refractivity contribution < 1.29 is 19.1 Å². The zero-order valence-electron chi connectivity index (χ0n) is 7.40. The van der Waals surface area contributed by atoms with Crippen LogP contribution >= 0.6 is 0 Å². The van der Waals surface area contributed by atoms with Gasteiger partial charge in [0.2, 0.25) is 0 Å². The summed E-state index contributed by atoms with van der Waals surface area (Å²) in [6.07, 6.45) is 0.632. The van der Waals surface area contributed by atoms with E-state index in [0.29, 0.717) is 26.3 Å². The third kappa shape index (κ3) is 3.42. The molecular weight excluding hydrogens is 174 g/mol. The molecule has 0 N–H and O–H groups in total. The first-order chi connectivity index (χ1) is 6.34. The van der Waals surface area contributed by atoms with Crippen molar-refractivity contribution in [1.82, 2.24) is 4.90 Å². The molecule has 0 aliphatic carbocycles. The van der Waals surface area contributed by atoms with Gasteiger partial charge in [-0.15, -0.1) is 0 Å². The first-order valence-electron chi connectivity index (χ1n) is 4.27. The van der Waals surface area contributed by atoms with E-state index in [4.69, 9.17) is 9.47 Å². The van der Waals surface area contributed by atoms with Crippen molar-refractivity contribution in [2.45, 2.75) is 6.42 Å². The molecule has 0 atom stereocenters. The Bertz CT molecular complexity index is 177. The summed E-state index contributed by atoms with van der Waals surface area (Å²) in [6.45, 7) is 2.42. The molecule has 0 radical (unpaired) electrons. The highest BCUT2D eigenvalue weighted by Crippen LogP contribution is 1.99. The molecule has 1 aliphatic rings. The van der Waals surface area contributed by atoms with Crippen molar-refractivity contribution in [3.05, 3.63) is 0 Å². The molecule has 1 aliphatic heterocycles. The summed E-state index contributed by atoms with van der Waals surface area (Å²) in [5.74, 6) is 0. The number of hydrogen-bond donors (Lipinski definition) is 0. The van der Waals surface area contributed by atoms with Crippen LogP contribution in [0.4, 0.5) is 4.79 Å². The lowest BCUT2D eigenvalue weighted by Gasteiger charge is -2.25. The van der Waals surface area contributed by atoms with Gasteiger partial charge in [0.25, 0.3) is 0 Å². The number of amides is 1. The molecule has 74 valence electrons. The van der Waals surface area contributed by atoms with E-state index in [0.717, 1.165) is 6.29 Å². The van der Waals surface area contributed by atoms with Gasteiger partial charge in [0.05, 0.1) is 19.8 Å². The number of ether oxygens (including phenoxy) is 2. The summed E-state index contributed by atoms with van der Waals surface area (Å²) in [4.78, 5) is 22.7. The van der Waals surface area contributed by atoms with Gasteiger partial charge in [0.1, 0.15) is 6.29 Å². The number of carbonyl (C=O) groups excluding carboxylic acids is 2. The lowest BCUT2D eigenvalue weighted by Crippen LogP contribution is -2.41. The Morgan fingerprint density at radius 1 is 1.46 bits per heavy atom. The number of rotatable bonds is 3. The molecule has 0 bridgehead atoms. The van der Waals surface area contributed by atoms with Gasteiger partial charge in [-0.05, 0) is 0 Å². The van der Waals surface area contributed by atoms with Crippen LogP contribution in [0, 0.1) is 0 Å². The Kier molecular flexibility index (Phi) is 4.25. The molecule has 1 saturated heterocycles. The zero-order valence-corrected chi connectivity index (χ0v) is 7.40. The largest absolute Gasteiger partial charge is 0.449 e. The molecule has 5 heteroatoms. The van der Waals surface area contributed by atoms with Crippen LogP contribution in [-0.4, -0.2) is 50.2 Å². The summed E-state index contributed by atoms with van der Waals surface area (Å²) in [5.41, 5.74) is 0. The third-order valence-electron chi connectivity index (χ3n) is 1.73. The van der Waals surface area contributed by atoms with E-state index in [1.165, 1.54) is 0 Å². The number of hydrogen-bond acceptors (Lipinski definition) is 4. The Morgan fingerprint density at radius 3 is 2.77 bits per heavy atom. The smallest absolute Gasteiger partial charge is 0.409 e. The minimum Gasteiger partial charge on any atom is -0.449 e. The third-order valence-corrected chi connectivity index (χ3v) is 1.73. The minimum atomic E-state index is -0.356. The normalized spacial score (nSPS) is 16.8. The zero-order chi connectivity index (χ0) is 9.52. The van der Waals surface area contributed by atoms with Crippen molar-refractivity contribution >= 4 is 12.4 Å². The topological polar surface area (TPSA) is 55.8 Å². The maximum absolute atomic E-state index is 11.2. The van der Waals surface area contributed by atoms with Gasteiger partial charge in [-0.1, -0.05) is 0 Å². The average molecular weight is 187 g/mol. The lowest BCUT2D eigenvalue weighted by atomic mass is 10.4. The maximum atomic E-state index is 11.2. The van der Waals surface area contributed by atoms with Crippen LogP contribution in [0.3, 0.4) is 0 Å². The summed E-state index contributed by atoms with van der Waals surface area (Å²) in [5, 5.41) is 0. The molecule has 0 saturated carbocycles. The molecule has 1 amide bonds. The molecule has 0 aromatic rings. The van der Waals surface area contributed by atoms with Gasteiger partial charge in [0.15, 0.2) is 0 Å². The van der Waals surface area contributed by atoms with Crippen LogP contribution < -0.4 is 0 Å². The highest BCUT2D eigenvalue weighted by Gasteiger charge is 2.17. The first kappa shape index (κ1) is 9.98. The fraction of sp³-hybridized carbons (Fsp3) is 0.750. The van der Waals surface area contributed by atoms with Gasteiger partial charge in [-0.2, -0.15) is 0 Å². The van der Waals surface area contributed by atoms with Gasteiger partial charge in [-0.25, -0.2) is 4.79 Å². The second kappa shape index (κ2) is 5.53. The molecule has 0 aromatic heterocycles. The van der Waals surface area contributed by atoms with Crippen LogP contribution in [0.25, 0.3) is 0 Å². The number of carbonyl (C=O) groups is 2. The summed E-state index contributed by atoms with van der Waals surface area (Å²) in [6, 6.07) is 0. The Morgan fingerprint density at radius 2 is 2.15 bits per heavy atom. The molecule has 1 heterocycles. The fourth-order valence-corrected chi connectivity index (χ4v) is 1.03. The van der Waals surface area contributed by atoms with Gasteiger partial charge >= 0.3 is 6.09 Å². The molecule has 13 heavy (non-hydrogen) atoms. The van der Waals surface area contributed by atoms with E-state index in [1.807, 2.05) is 0 Å². The Hall–Kier alpha value is -1.10. The number of nitrogens with zero attached hydrogens (tertiary/aromatic N) is 1. The lowest BCUT2D eigenvalue weighted by molar-refractivity contribution is -0.108. The second-order valence-electron chi connectivity index (χ2n) is 2.67. The predicted octanol–water partition coefficient (Wildman–Crippen LogP) is 0.0442. The quantitative estimate of drug-likeness (QED) is 0.462. The van der Waals surface area contributed by atoms with E-state index in [-0.39, 0.29) is 19.1 Å². The average Bonchev–Trinajstić information content (AvgIpc) is 2.19. The van der Waals surface area contributed by atoms with Crippen LogP contribution in [-0.2, 0) is 14.3 Å². The number of morpholine rings is 1. The highest BCUT2D eigenvalue weighted by atomic mass is 16.6. The molecule has 0 unspecified atom stereocenters. The van der Waals surface area contributed by atoms with E-state index >= 15 is 0 Å². The van der Waals surface area contributed by atoms with Gasteiger partial charge in [-0.3, -0.25) is 0 Å². The molecule has 1 rings (SSSR count). The van der Waals surface area contributed by atoms with E-state index < -0.39 is 0 Å². The monoisotopic (exact) mass is 187 g/mol. The molecule has 1 fully saturated rings. The van der Waals surface area contributed by atoms with E-state index in [2.05, 4.69) is 0 Å². The molecule has 0 spiro atoms. The van der Waals surface area contributed by atoms with Crippen LogP contribution in [0.15, 0.2) is 0 Å². The van der Waals surface area contributed by atoms with Gasteiger partial charge < -0.3 is 19.2 Å². The maximum Gasteiger partial charge on any atom is 0.409 e. The standard InChI is InChI=1S/C8H13NO4/c10-4-1-5-13-8(11)9-2-6-12-7-3-9/h4H,1-3,5-7H2. The SMILES string of the molecule is O=CCCOC(=O)N1CCOCC1. The first-order valence-corrected chi connectivity index (χ1v) is 4.27. The minimum absolute atomic E-state index is 0.166. The van der Waals surface area contributed by atoms with Crippen LogP contribution in [0.2, 0.25) is 0 Å². The summed E-state index contributed by atoms with van der Waals surface area (Å²) in [7, 11) is 0. The fourth-order valence-electron chi connectivity index (χ4n) is 1.03. The van der Waals surface area contributed by atoms with Gasteiger partial charge in [0, 0.05) is 19.5 Å². The molecule has 0 aromatic carbocycles. The van der Waals surface area contributed by atoms with E-state index in [9.17, 15) is 9.59 Å². The van der Waals surface area contributed by atoms with Crippen molar-refractivity contribution in [2.24, 2.45) is 0 Å². The van der Waals surface area contributed by atoms with Crippen LogP contribution in [0.5, 0.6) is 0 Å². The molecule has 5 nitrogen and oxygen atoms in total. The predicted molar refractivity (Wildman–Crippen MR) is 44.4 cm³/mol. The van der Waals surface area contributed by atoms with Crippen molar-refractivity contribution in [2.75, 3.05) is 32.9 Å². The summed E-state index contributed by atoms with van der Waals surface area (Å²) >= 11 is 0. The Balaban J connectivity index is 2.17. The summed E-state index contributed by atoms with van der Waals surface area (Å²) < 4.78 is 9.89. The second-order valence-corrected chi connectivity index (χ2v) is 2.67.